The maximum Gasteiger partial charge on any atom is 0.317 e. The molecule has 0 spiro atoms. The molecular formula is C15H27N3OS. The molecule has 0 aromatic carbocycles. The molecule has 0 radical (unpaired) electrons. The van der Waals surface area contributed by atoms with Crippen molar-refractivity contribution in [2.75, 3.05) is 38.2 Å². The third-order valence-electron chi connectivity index (χ3n) is 5.19. The van der Waals surface area contributed by atoms with Crippen molar-refractivity contribution in [1.82, 2.24) is 15.1 Å². The van der Waals surface area contributed by atoms with Crippen LogP contribution in [0.5, 0.6) is 0 Å². The third-order valence-corrected chi connectivity index (χ3v) is 6.03. The molecule has 4 atom stereocenters. The van der Waals surface area contributed by atoms with Gasteiger partial charge in [-0.05, 0) is 44.4 Å². The summed E-state index contributed by atoms with van der Waals surface area (Å²) < 4.78 is 0. The second-order valence-corrected chi connectivity index (χ2v) is 7.60. The SMILES string of the molecule is CSCC(C)NC(=O)N1CC2CN3CCCCC3C2C1. The van der Waals surface area contributed by atoms with Crippen molar-refractivity contribution in [1.29, 1.82) is 0 Å². The van der Waals surface area contributed by atoms with Crippen LogP contribution < -0.4 is 5.32 Å². The van der Waals surface area contributed by atoms with Crippen molar-refractivity contribution in [3.63, 3.8) is 0 Å². The Balaban J connectivity index is 1.54. The van der Waals surface area contributed by atoms with Crippen LogP contribution in [0.3, 0.4) is 0 Å². The molecule has 0 saturated carbocycles. The minimum Gasteiger partial charge on any atom is -0.335 e. The quantitative estimate of drug-likeness (QED) is 0.864. The normalized spacial score (nSPS) is 34.7. The Hall–Kier alpha value is -0.420. The average Bonchev–Trinajstić information content (AvgIpc) is 2.96. The molecule has 3 aliphatic heterocycles. The van der Waals surface area contributed by atoms with Gasteiger partial charge in [0.05, 0.1) is 0 Å². The highest BCUT2D eigenvalue weighted by atomic mass is 32.2. The van der Waals surface area contributed by atoms with Gasteiger partial charge in [-0.3, -0.25) is 4.90 Å². The molecule has 114 valence electrons. The maximum absolute atomic E-state index is 12.3. The number of thioether (sulfide) groups is 1. The number of carbonyl (C=O) groups is 1. The Bertz CT molecular complexity index is 365. The van der Waals surface area contributed by atoms with Crippen LogP contribution in [0.1, 0.15) is 26.2 Å². The number of amides is 2. The number of carbonyl (C=O) groups excluding carboxylic acids is 1. The highest BCUT2D eigenvalue weighted by molar-refractivity contribution is 7.98. The minimum absolute atomic E-state index is 0.156. The van der Waals surface area contributed by atoms with E-state index in [0.717, 1.165) is 36.7 Å². The molecule has 0 bridgehead atoms. The Morgan fingerprint density at radius 2 is 2.20 bits per heavy atom. The van der Waals surface area contributed by atoms with Crippen LogP contribution in [0, 0.1) is 11.8 Å². The predicted molar refractivity (Wildman–Crippen MR) is 84.1 cm³/mol. The first-order valence-corrected chi connectivity index (χ1v) is 9.37. The Morgan fingerprint density at radius 1 is 1.35 bits per heavy atom. The summed E-state index contributed by atoms with van der Waals surface area (Å²) in [6.45, 7) is 6.54. The number of nitrogens with zero attached hydrogens (tertiary/aromatic N) is 2. The topological polar surface area (TPSA) is 35.6 Å². The van der Waals surface area contributed by atoms with Crippen LogP contribution in [0.2, 0.25) is 0 Å². The molecule has 0 aromatic rings. The molecular weight excluding hydrogens is 270 g/mol. The monoisotopic (exact) mass is 297 g/mol. The van der Waals surface area contributed by atoms with E-state index in [2.05, 4.69) is 28.3 Å². The van der Waals surface area contributed by atoms with Gasteiger partial charge in [0.1, 0.15) is 0 Å². The molecule has 3 rings (SSSR count). The van der Waals surface area contributed by atoms with Gasteiger partial charge in [-0.2, -0.15) is 11.8 Å². The van der Waals surface area contributed by atoms with Gasteiger partial charge in [0.25, 0.3) is 0 Å². The van der Waals surface area contributed by atoms with Gasteiger partial charge in [0, 0.05) is 37.5 Å². The van der Waals surface area contributed by atoms with Crippen molar-refractivity contribution >= 4 is 17.8 Å². The fraction of sp³-hybridized carbons (Fsp3) is 0.933. The zero-order valence-corrected chi connectivity index (χ0v) is 13.5. The van der Waals surface area contributed by atoms with Gasteiger partial charge in [-0.15, -0.1) is 0 Å². The van der Waals surface area contributed by atoms with E-state index in [1.165, 1.54) is 32.4 Å². The number of rotatable bonds is 3. The number of fused-ring (bicyclic) bond motifs is 3. The summed E-state index contributed by atoms with van der Waals surface area (Å²) in [5.41, 5.74) is 0. The predicted octanol–water partition coefficient (Wildman–Crippen LogP) is 1.86. The summed E-state index contributed by atoms with van der Waals surface area (Å²) in [6.07, 6.45) is 6.17. The molecule has 3 heterocycles. The van der Waals surface area contributed by atoms with E-state index in [1.54, 1.807) is 11.8 Å². The molecule has 3 saturated heterocycles. The number of hydrogen-bond donors (Lipinski definition) is 1. The molecule has 2 amide bonds. The van der Waals surface area contributed by atoms with Crippen LogP contribution in [0.15, 0.2) is 0 Å². The molecule has 1 N–H and O–H groups in total. The van der Waals surface area contributed by atoms with E-state index < -0.39 is 0 Å². The van der Waals surface area contributed by atoms with Crippen molar-refractivity contribution in [3.05, 3.63) is 0 Å². The van der Waals surface area contributed by atoms with E-state index in [0.29, 0.717) is 0 Å². The largest absolute Gasteiger partial charge is 0.335 e. The lowest BCUT2D eigenvalue weighted by Crippen LogP contribution is -2.46. The molecule has 0 aliphatic carbocycles. The molecule has 20 heavy (non-hydrogen) atoms. The maximum atomic E-state index is 12.3. The van der Waals surface area contributed by atoms with Crippen LogP contribution >= 0.6 is 11.8 Å². The summed E-state index contributed by atoms with van der Waals surface area (Å²) in [6, 6.07) is 1.18. The number of urea groups is 1. The third kappa shape index (κ3) is 2.80. The lowest BCUT2D eigenvalue weighted by Gasteiger charge is -2.33. The van der Waals surface area contributed by atoms with Crippen LogP contribution in [0.4, 0.5) is 4.79 Å². The minimum atomic E-state index is 0.156. The first-order valence-electron chi connectivity index (χ1n) is 7.97. The second kappa shape index (κ2) is 6.14. The summed E-state index contributed by atoms with van der Waals surface area (Å²) in [4.78, 5) is 17.1. The first kappa shape index (κ1) is 14.5. The van der Waals surface area contributed by atoms with Crippen LogP contribution in [-0.2, 0) is 0 Å². The highest BCUT2D eigenvalue weighted by Gasteiger charge is 2.48. The summed E-state index contributed by atoms with van der Waals surface area (Å²) >= 11 is 1.79. The summed E-state index contributed by atoms with van der Waals surface area (Å²) in [5.74, 6) is 2.44. The Kier molecular flexibility index (Phi) is 4.46. The van der Waals surface area contributed by atoms with Gasteiger partial charge in [-0.1, -0.05) is 6.42 Å². The number of likely N-dealkylation sites (tertiary alicyclic amines) is 1. The lowest BCUT2D eigenvalue weighted by molar-refractivity contribution is 0.153. The van der Waals surface area contributed by atoms with E-state index in [1.807, 2.05) is 0 Å². The Morgan fingerprint density at radius 3 is 3.00 bits per heavy atom. The van der Waals surface area contributed by atoms with Gasteiger partial charge >= 0.3 is 6.03 Å². The van der Waals surface area contributed by atoms with E-state index in [4.69, 9.17) is 0 Å². The smallest absolute Gasteiger partial charge is 0.317 e. The van der Waals surface area contributed by atoms with Crippen LogP contribution in [0.25, 0.3) is 0 Å². The van der Waals surface area contributed by atoms with Crippen LogP contribution in [-0.4, -0.2) is 66.1 Å². The standard InChI is InChI=1S/C15H27N3OS/c1-11(10-20-2)16-15(19)18-8-12-7-17-6-4-3-5-14(17)13(12)9-18/h11-14H,3-10H2,1-2H3,(H,16,19). The second-order valence-electron chi connectivity index (χ2n) is 6.69. The average molecular weight is 297 g/mol. The van der Waals surface area contributed by atoms with Gasteiger partial charge < -0.3 is 10.2 Å². The zero-order chi connectivity index (χ0) is 14.1. The number of hydrogen-bond acceptors (Lipinski definition) is 3. The first-order chi connectivity index (χ1) is 9.69. The molecule has 3 fully saturated rings. The van der Waals surface area contributed by atoms with Crippen molar-refractivity contribution < 1.29 is 4.79 Å². The number of nitrogens with one attached hydrogen (secondary N) is 1. The Labute approximate surface area is 126 Å². The molecule has 0 aromatic heterocycles. The van der Waals surface area contributed by atoms with E-state index in [-0.39, 0.29) is 12.1 Å². The zero-order valence-electron chi connectivity index (χ0n) is 12.7. The van der Waals surface area contributed by atoms with Gasteiger partial charge in [-0.25, -0.2) is 4.79 Å². The molecule has 4 nitrogen and oxygen atoms in total. The van der Waals surface area contributed by atoms with E-state index >= 15 is 0 Å². The van der Waals surface area contributed by atoms with Gasteiger partial charge in [0.2, 0.25) is 0 Å². The molecule has 5 heteroatoms. The lowest BCUT2D eigenvalue weighted by atomic mass is 9.90. The van der Waals surface area contributed by atoms with Crippen molar-refractivity contribution in [2.24, 2.45) is 11.8 Å². The van der Waals surface area contributed by atoms with Crippen molar-refractivity contribution in [2.45, 2.75) is 38.3 Å². The molecule has 4 unspecified atom stereocenters. The fourth-order valence-electron chi connectivity index (χ4n) is 4.31. The number of piperidine rings is 1. The fourth-order valence-corrected chi connectivity index (χ4v) is 4.90. The summed E-state index contributed by atoms with van der Waals surface area (Å²) in [7, 11) is 0. The van der Waals surface area contributed by atoms with Gasteiger partial charge in [0.15, 0.2) is 0 Å². The van der Waals surface area contributed by atoms with Crippen molar-refractivity contribution in [3.8, 4) is 0 Å². The summed E-state index contributed by atoms with van der Waals surface area (Å²) in [5, 5.41) is 3.14. The molecule has 3 aliphatic rings. The highest BCUT2D eigenvalue weighted by Crippen LogP contribution is 2.40. The van der Waals surface area contributed by atoms with E-state index in [9.17, 15) is 4.79 Å².